The summed E-state index contributed by atoms with van der Waals surface area (Å²) < 4.78 is 6.63. The van der Waals surface area contributed by atoms with E-state index in [0.717, 1.165) is 23.5 Å². The minimum atomic E-state index is -0.655. The van der Waals surface area contributed by atoms with Crippen molar-refractivity contribution >= 4 is 11.8 Å². The number of hydrogen-bond acceptors (Lipinski definition) is 7. The molecule has 2 aromatic heterocycles. The van der Waals surface area contributed by atoms with Gasteiger partial charge in [0.05, 0.1) is 11.8 Å². The van der Waals surface area contributed by atoms with Gasteiger partial charge in [-0.1, -0.05) is 0 Å². The Morgan fingerprint density at radius 1 is 1.22 bits per heavy atom. The Bertz CT molecular complexity index is 1180. The molecule has 12 nitrogen and oxygen atoms in total. The van der Waals surface area contributed by atoms with Crippen LogP contribution in [0.3, 0.4) is 0 Å². The largest absolute Gasteiger partial charge is 0.381 e. The average molecular weight is 444 g/mol. The molecule has 0 aliphatic carbocycles. The number of aromatic nitrogens is 4. The first-order chi connectivity index (χ1) is 15.3. The van der Waals surface area contributed by atoms with E-state index in [9.17, 15) is 24.0 Å². The maximum atomic E-state index is 13.1. The third-order valence-corrected chi connectivity index (χ3v) is 6.12. The lowest BCUT2D eigenvalue weighted by Crippen LogP contribution is -2.45. The van der Waals surface area contributed by atoms with Crippen molar-refractivity contribution in [2.75, 3.05) is 26.3 Å². The number of nitrogens with one attached hydrogen (secondary N) is 3. The highest BCUT2D eigenvalue weighted by Crippen LogP contribution is 2.42. The van der Waals surface area contributed by atoms with E-state index in [4.69, 9.17) is 4.74 Å². The molecular weight excluding hydrogens is 420 g/mol. The van der Waals surface area contributed by atoms with Gasteiger partial charge in [0, 0.05) is 50.7 Å². The molecule has 2 aromatic rings. The van der Waals surface area contributed by atoms with Gasteiger partial charge in [0.15, 0.2) is 0 Å². The van der Waals surface area contributed by atoms with Crippen LogP contribution in [0.15, 0.2) is 38.9 Å². The van der Waals surface area contributed by atoms with Gasteiger partial charge in [0.1, 0.15) is 6.54 Å². The molecule has 2 amide bonds. The number of aromatic amines is 2. The predicted molar refractivity (Wildman–Crippen MR) is 111 cm³/mol. The van der Waals surface area contributed by atoms with Gasteiger partial charge in [-0.2, -0.15) is 5.10 Å². The summed E-state index contributed by atoms with van der Waals surface area (Å²) >= 11 is 0. The first-order valence-corrected chi connectivity index (χ1v) is 10.4. The van der Waals surface area contributed by atoms with Crippen molar-refractivity contribution in [3.63, 3.8) is 0 Å². The van der Waals surface area contributed by atoms with Crippen LogP contribution in [-0.4, -0.2) is 68.8 Å². The fourth-order valence-corrected chi connectivity index (χ4v) is 4.42. The molecule has 12 heteroatoms. The summed E-state index contributed by atoms with van der Waals surface area (Å²) in [6.45, 7) is 1.70. The lowest BCUT2D eigenvalue weighted by molar-refractivity contribution is -0.133. The second-order valence-electron chi connectivity index (χ2n) is 8.27. The molecule has 0 bridgehead atoms. The van der Waals surface area contributed by atoms with Crippen molar-refractivity contribution in [1.82, 2.24) is 30.0 Å². The highest BCUT2D eigenvalue weighted by atomic mass is 16.5. The Hall–Kier alpha value is -3.54. The van der Waals surface area contributed by atoms with E-state index in [1.807, 2.05) is 0 Å². The highest BCUT2D eigenvalue weighted by Gasteiger charge is 2.46. The van der Waals surface area contributed by atoms with Gasteiger partial charge in [-0.3, -0.25) is 28.7 Å². The first-order valence-electron chi connectivity index (χ1n) is 10.4. The van der Waals surface area contributed by atoms with Crippen LogP contribution in [0.5, 0.6) is 0 Å². The summed E-state index contributed by atoms with van der Waals surface area (Å²) in [4.78, 5) is 64.1. The minimum Gasteiger partial charge on any atom is -0.381 e. The summed E-state index contributed by atoms with van der Waals surface area (Å²) in [6.07, 6.45) is 4.85. The molecule has 3 N–H and O–H groups in total. The maximum absolute atomic E-state index is 13.1. The van der Waals surface area contributed by atoms with Gasteiger partial charge < -0.3 is 15.0 Å². The zero-order valence-corrected chi connectivity index (χ0v) is 17.3. The highest BCUT2D eigenvalue weighted by molar-refractivity contribution is 5.93. The van der Waals surface area contributed by atoms with E-state index in [1.165, 1.54) is 18.5 Å². The van der Waals surface area contributed by atoms with Crippen molar-refractivity contribution in [1.29, 1.82) is 0 Å². The first kappa shape index (κ1) is 21.7. The maximum Gasteiger partial charge on any atom is 0.328 e. The summed E-state index contributed by atoms with van der Waals surface area (Å²) in [5, 5.41) is 8.62. The Labute approximate surface area is 181 Å². The minimum absolute atomic E-state index is 0.106. The second-order valence-corrected chi connectivity index (χ2v) is 8.27. The van der Waals surface area contributed by atoms with Gasteiger partial charge >= 0.3 is 5.69 Å². The van der Waals surface area contributed by atoms with Crippen molar-refractivity contribution in [2.45, 2.75) is 31.8 Å². The normalized spacial score (nSPS) is 19.8. The molecule has 2 aliphatic heterocycles. The molecule has 1 spiro atoms. The van der Waals surface area contributed by atoms with E-state index in [-0.39, 0.29) is 36.0 Å². The molecule has 1 unspecified atom stereocenters. The Balaban J connectivity index is 1.50. The second kappa shape index (κ2) is 8.91. The third kappa shape index (κ3) is 4.69. The van der Waals surface area contributed by atoms with E-state index in [2.05, 4.69) is 20.5 Å². The fourth-order valence-electron chi connectivity index (χ4n) is 4.42. The summed E-state index contributed by atoms with van der Waals surface area (Å²) in [5.41, 5.74) is -1.65. The fraction of sp³-hybridized carbons (Fsp3) is 0.500. The number of carbonyl (C=O) groups is 2. The van der Waals surface area contributed by atoms with Gasteiger partial charge in [0.2, 0.25) is 5.91 Å². The van der Waals surface area contributed by atoms with Crippen LogP contribution < -0.4 is 22.1 Å². The van der Waals surface area contributed by atoms with Crippen LogP contribution in [0.2, 0.25) is 0 Å². The molecular formula is C20H24N6O6. The Kier molecular flexibility index (Phi) is 6.04. The third-order valence-electron chi connectivity index (χ3n) is 6.12. The molecule has 170 valence electrons. The molecule has 0 saturated carbocycles. The molecule has 2 saturated heterocycles. The monoisotopic (exact) mass is 444 g/mol. The molecule has 2 aliphatic rings. The smallest absolute Gasteiger partial charge is 0.328 e. The number of likely N-dealkylation sites (tertiary alicyclic amines) is 1. The summed E-state index contributed by atoms with van der Waals surface area (Å²) in [6, 6.07) is 2.06. The molecule has 0 aromatic carbocycles. The van der Waals surface area contributed by atoms with Gasteiger partial charge in [-0.05, 0) is 24.7 Å². The van der Waals surface area contributed by atoms with Crippen molar-refractivity contribution in [3.8, 4) is 0 Å². The number of hydrogen-bond donors (Lipinski definition) is 3. The van der Waals surface area contributed by atoms with Crippen LogP contribution in [0.1, 0.15) is 29.6 Å². The number of H-pyrrole nitrogens is 2. The lowest BCUT2D eigenvalue weighted by Gasteiger charge is -2.33. The number of ether oxygens (including phenoxy) is 1. The molecule has 4 heterocycles. The van der Waals surface area contributed by atoms with Crippen LogP contribution >= 0.6 is 0 Å². The number of amides is 2. The van der Waals surface area contributed by atoms with Crippen molar-refractivity contribution in [3.05, 3.63) is 61.3 Å². The Morgan fingerprint density at radius 3 is 2.72 bits per heavy atom. The van der Waals surface area contributed by atoms with E-state index < -0.39 is 22.7 Å². The van der Waals surface area contributed by atoms with E-state index in [1.54, 1.807) is 4.90 Å². The van der Waals surface area contributed by atoms with Crippen molar-refractivity contribution < 1.29 is 14.3 Å². The van der Waals surface area contributed by atoms with Crippen LogP contribution in [-0.2, 0) is 16.1 Å². The topological polar surface area (TPSA) is 159 Å². The van der Waals surface area contributed by atoms with Crippen molar-refractivity contribution in [2.24, 2.45) is 5.41 Å². The average Bonchev–Trinajstić information content (AvgIpc) is 3.12. The summed E-state index contributed by atoms with van der Waals surface area (Å²) in [5.74, 6) is -0.736. The van der Waals surface area contributed by atoms with Crippen LogP contribution in [0.25, 0.3) is 0 Å². The number of carbonyl (C=O) groups excluding carboxylic acids is 2. The molecule has 32 heavy (non-hydrogen) atoms. The zero-order valence-electron chi connectivity index (χ0n) is 17.3. The van der Waals surface area contributed by atoms with Gasteiger partial charge in [0.25, 0.3) is 17.0 Å². The van der Waals surface area contributed by atoms with Gasteiger partial charge in [-0.15, -0.1) is 0 Å². The zero-order chi connectivity index (χ0) is 22.7. The molecule has 0 radical (unpaired) electrons. The van der Waals surface area contributed by atoms with Crippen LogP contribution in [0.4, 0.5) is 0 Å². The molecule has 1 atom stereocenters. The lowest BCUT2D eigenvalue weighted by atomic mass is 9.78. The molecule has 2 fully saturated rings. The quantitative estimate of drug-likeness (QED) is 0.503. The number of rotatable bonds is 5. The van der Waals surface area contributed by atoms with Crippen LogP contribution in [0, 0.1) is 5.41 Å². The number of nitrogens with zero attached hydrogens (tertiary/aromatic N) is 3. The SMILES string of the molecule is O=C(NCC1CC2(CCOCC2)CN1C(=O)Cn1ccc(=O)[nH]c1=O)c1cn[nH]c(=O)c1. The standard InChI is InChI=1S/C20H24N6O6/c27-15-1-4-25(19(31)23-15)11-17(29)26-12-20(2-5-32-6-3-20)8-14(26)10-21-18(30)13-7-16(28)24-22-9-13/h1,4,7,9,14H,2-3,5-6,8,10-12H2,(H,21,30)(H,24,28)(H,23,27,31). The van der Waals surface area contributed by atoms with E-state index >= 15 is 0 Å². The predicted octanol–water partition coefficient (Wildman–Crippen LogP) is -1.55. The molecule has 4 rings (SSSR count). The van der Waals surface area contributed by atoms with Gasteiger partial charge in [-0.25, -0.2) is 9.89 Å². The summed E-state index contributed by atoms with van der Waals surface area (Å²) in [7, 11) is 0. The Morgan fingerprint density at radius 2 is 2.00 bits per heavy atom. The van der Waals surface area contributed by atoms with E-state index in [0.29, 0.717) is 26.2 Å².